The van der Waals surface area contributed by atoms with Crippen LogP contribution in [0.15, 0.2) is 30.6 Å². The van der Waals surface area contributed by atoms with Crippen molar-refractivity contribution in [3.63, 3.8) is 0 Å². The van der Waals surface area contributed by atoms with Crippen molar-refractivity contribution in [2.75, 3.05) is 23.7 Å². The molecule has 2 N–H and O–H groups in total. The Morgan fingerprint density at radius 2 is 1.90 bits per heavy atom. The average Bonchev–Trinajstić information content (AvgIpc) is 3.46. The van der Waals surface area contributed by atoms with Gasteiger partial charge in [-0.2, -0.15) is 17.5 Å². The van der Waals surface area contributed by atoms with E-state index in [9.17, 15) is 27.2 Å². The topological polar surface area (TPSA) is 119 Å². The lowest BCUT2D eigenvalue weighted by Gasteiger charge is -2.24. The van der Waals surface area contributed by atoms with E-state index in [1.165, 1.54) is 17.0 Å². The second-order valence-corrected chi connectivity index (χ2v) is 10.7. The van der Waals surface area contributed by atoms with Crippen LogP contribution in [0.5, 0.6) is 5.75 Å². The number of aromatic nitrogens is 3. The zero-order valence-corrected chi connectivity index (χ0v) is 22.7. The molecule has 3 heterocycles. The second kappa shape index (κ2) is 11.2. The van der Waals surface area contributed by atoms with Gasteiger partial charge in [0.15, 0.2) is 17.3 Å². The highest BCUT2D eigenvalue weighted by Crippen LogP contribution is 2.31. The number of nitrogens with zero attached hydrogens (tertiary/aromatic N) is 4. The number of benzene rings is 1. The summed E-state index contributed by atoms with van der Waals surface area (Å²) in [6.45, 7) is 7.48. The SMILES string of the molecule is Cc1nsc(Nc2cnc(C(F)(F)F)cn2)c1C(=O)Nc1ccc(F)c(O[C@H]2CCN(C(=O)OC(C)(C)C)C2)c1. The molecule has 4 rings (SSSR count). The number of ether oxygens (including phenoxy) is 2. The molecule has 1 aliphatic rings. The molecule has 1 atom stereocenters. The quantitative estimate of drug-likeness (QED) is 0.351. The highest BCUT2D eigenvalue weighted by Gasteiger charge is 2.33. The number of aryl methyl sites for hydroxylation is 1. The minimum absolute atomic E-state index is 0.0137. The lowest BCUT2D eigenvalue weighted by atomic mass is 10.2. The van der Waals surface area contributed by atoms with Crippen molar-refractivity contribution in [3.8, 4) is 5.75 Å². The first-order chi connectivity index (χ1) is 18.7. The summed E-state index contributed by atoms with van der Waals surface area (Å²) in [5.41, 5.74) is -1.08. The molecule has 214 valence electrons. The van der Waals surface area contributed by atoms with Crippen LogP contribution in [0.25, 0.3) is 0 Å². The summed E-state index contributed by atoms with van der Waals surface area (Å²) in [6, 6.07) is 3.82. The number of carbonyl (C=O) groups excluding carboxylic acids is 2. The summed E-state index contributed by atoms with van der Waals surface area (Å²) in [5.74, 6) is -1.36. The van der Waals surface area contributed by atoms with Gasteiger partial charge in [0.05, 0.1) is 30.2 Å². The number of rotatable bonds is 6. The van der Waals surface area contributed by atoms with Crippen LogP contribution in [0.1, 0.15) is 48.9 Å². The van der Waals surface area contributed by atoms with Crippen molar-refractivity contribution in [2.45, 2.75) is 52.0 Å². The molecule has 15 heteroatoms. The second-order valence-electron chi connectivity index (χ2n) is 9.94. The molecule has 3 aromatic rings. The van der Waals surface area contributed by atoms with Gasteiger partial charge in [-0.05, 0) is 51.4 Å². The monoisotopic (exact) mass is 582 g/mol. The normalized spacial score (nSPS) is 15.6. The number of likely N-dealkylation sites (tertiary alicyclic amines) is 1. The third-order valence-corrected chi connectivity index (χ3v) is 6.41. The fourth-order valence-electron chi connectivity index (χ4n) is 3.74. The van der Waals surface area contributed by atoms with Crippen LogP contribution in [0.3, 0.4) is 0 Å². The molecule has 0 unspecified atom stereocenters. The Labute approximate surface area is 230 Å². The Balaban J connectivity index is 1.43. The van der Waals surface area contributed by atoms with Crippen molar-refractivity contribution in [3.05, 3.63) is 53.4 Å². The highest BCUT2D eigenvalue weighted by molar-refractivity contribution is 7.10. The molecule has 0 spiro atoms. The van der Waals surface area contributed by atoms with Gasteiger partial charge in [-0.1, -0.05) is 0 Å². The van der Waals surface area contributed by atoms with E-state index in [-0.39, 0.29) is 34.4 Å². The zero-order chi connectivity index (χ0) is 29.2. The Kier molecular flexibility index (Phi) is 8.14. The summed E-state index contributed by atoms with van der Waals surface area (Å²) in [6.07, 6.45) is -3.64. The molecule has 1 aromatic carbocycles. The number of alkyl halides is 3. The van der Waals surface area contributed by atoms with Crippen LogP contribution < -0.4 is 15.4 Å². The van der Waals surface area contributed by atoms with E-state index in [0.29, 0.717) is 24.9 Å². The molecule has 1 saturated heterocycles. The molecular weight excluding hydrogens is 556 g/mol. The summed E-state index contributed by atoms with van der Waals surface area (Å²) < 4.78 is 68.1. The summed E-state index contributed by atoms with van der Waals surface area (Å²) in [5, 5.41) is 5.65. The van der Waals surface area contributed by atoms with E-state index < -0.39 is 41.4 Å². The van der Waals surface area contributed by atoms with Gasteiger partial charge >= 0.3 is 12.3 Å². The molecule has 0 radical (unpaired) electrons. The van der Waals surface area contributed by atoms with Gasteiger partial charge < -0.3 is 25.0 Å². The molecule has 1 fully saturated rings. The third kappa shape index (κ3) is 7.14. The van der Waals surface area contributed by atoms with Gasteiger partial charge in [-0.3, -0.25) is 4.79 Å². The lowest BCUT2D eigenvalue weighted by Crippen LogP contribution is -2.36. The van der Waals surface area contributed by atoms with Crippen LogP contribution in [0.2, 0.25) is 0 Å². The average molecular weight is 583 g/mol. The third-order valence-electron chi connectivity index (χ3n) is 5.55. The van der Waals surface area contributed by atoms with Crippen molar-refractivity contribution < 1.29 is 36.6 Å². The van der Waals surface area contributed by atoms with Gasteiger partial charge in [0.1, 0.15) is 22.5 Å². The zero-order valence-electron chi connectivity index (χ0n) is 21.9. The minimum atomic E-state index is -4.63. The fraction of sp³-hybridized carbons (Fsp3) is 0.400. The molecule has 10 nitrogen and oxygen atoms in total. The van der Waals surface area contributed by atoms with Crippen molar-refractivity contribution in [1.82, 2.24) is 19.2 Å². The Hall–Kier alpha value is -4.01. The molecule has 0 bridgehead atoms. The Bertz CT molecular complexity index is 1390. The standard InChI is InChI=1S/C25H26F4N6O4S/c1-13-20(22(40-34-13)33-19-11-30-18(10-31-19)25(27,28)29)21(36)32-14-5-6-16(26)17(9-14)38-15-7-8-35(12-15)23(37)39-24(2,3)4/h5-6,9-11,15H,7-8,12H2,1-4H3,(H,31,33)(H,32,36)/t15-/m0/s1. The van der Waals surface area contributed by atoms with E-state index in [1.807, 2.05) is 0 Å². The largest absolute Gasteiger partial charge is 0.485 e. The van der Waals surface area contributed by atoms with Crippen molar-refractivity contribution in [1.29, 1.82) is 0 Å². The first-order valence-electron chi connectivity index (χ1n) is 12.1. The summed E-state index contributed by atoms with van der Waals surface area (Å²) in [7, 11) is 0. The van der Waals surface area contributed by atoms with Gasteiger partial charge in [0.2, 0.25) is 0 Å². The number of anilines is 3. The van der Waals surface area contributed by atoms with E-state index in [1.54, 1.807) is 27.7 Å². The van der Waals surface area contributed by atoms with Gasteiger partial charge in [0.25, 0.3) is 5.91 Å². The first kappa shape index (κ1) is 29.0. The summed E-state index contributed by atoms with van der Waals surface area (Å²) in [4.78, 5) is 33.9. The van der Waals surface area contributed by atoms with Gasteiger partial charge in [-0.25, -0.2) is 19.2 Å². The minimum Gasteiger partial charge on any atom is -0.485 e. The fourth-order valence-corrected chi connectivity index (χ4v) is 4.54. The number of hydrogen-bond donors (Lipinski definition) is 2. The number of amides is 2. The van der Waals surface area contributed by atoms with Crippen LogP contribution in [-0.4, -0.2) is 56.0 Å². The number of nitrogens with one attached hydrogen (secondary N) is 2. The predicted molar refractivity (Wildman–Crippen MR) is 138 cm³/mol. The Morgan fingerprint density at radius 1 is 1.15 bits per heavy atom. The Morgan fingerprint density at radius 3 is 2.55 bits per heavy atom. The number of carbonyl (C=O) groups is 2. The predicted octanol–water partition coefficient (Wildman–Crippen LogP) is 5.78. The van der Waals surface area contributed by atoms with Crippen LogP contribution >= 0.6 is 11.5 Å². The van der Waals surface area contributed by atoms with Crippen LogP contribution in [-0.2, 0) is 10.9 Å². The van der Waals surface area contributed by atoms with Crippen molar-refractivity contribution in [2.24, 2.45) is 0 Å². The maximum Gasteiger partial charge on any atom is 0.434 e. The first-order valence-corrected chi connectivity index (χ1v) is 12.8. The molecule has 0 aliphatic carbocycles. The maximum atomic E-state index is 14.5. The van der Waals surface area contributed by atoms with E-state index in [0.717, 1.165) is 23.8 Å². The van der Waals surface area contributed by atoms with Crippen molar-refractivity contribution >= 4 is 40.0 Å². The molecule has 2 amide bonds. The highest BCUT2D eigenvalue weighted by atomic mass is 32.1. The lowest BCUT2D eigenvalue weighted by molar-refractivity contribution is -0.141. The summed E-state index contributed by atoms with van der Waals surface area (Å²) >= 11 is 0.913. The molecule has 1 aliphatic heterocycles. The maximum absolute atomic E-state index is 14.5. The van der Waals surface area contributed by atoms with E-state index >= 15 is 0 Å². The molecule has 2 aromatic heterocycles. The van der Waals surface area contributed by atoms with Crippen LogP contribution in [0.4, 0.5) is 38.9 Å². The smallest absolute Gasteiger partial charge is 0.434 e. The number of halogens is 4. The molecular formula is C25H26F4N6O4S. The number of hydrogen-bond acceptors (Lipinski definition) is 9. The molecule has 40 heavy (non-hydrogen) atoms. The van der Waals surface area contributed by atoms with Gasteiger partial charge in [-0.15, -0.1) is 0 Å². The van der Waals surface area contributed by atoms with E-state index in [4.69, 9.17) is 9.47 Å². The van der Waals surface area contributed by atoms with Crippen LogP contribution in [0, 0.1) is 12.7 Å². The van der Waals surface area contributed by atoms with Gasteiger partial charge in [0, 0.05) is 24.7 Å². The van der Waals surface area contributed by atoms with E-state index in [2.05, 4.69) is 25.0 Å². The molecule has 0 saturated carbocycles.